The van der Waals surface area contributed by atoms with Crippen molar-refractivity contribution in [2.45, 2.75) is 25.1 Å². The van der Waals surface area contributed by atoms with E-state index in [0.29, 0.717) is 11.6 Å². The van der Waals surface area contributed by atoms with E-state index < -0.39 is 17.6 Å². The average molecular weight is 233 g/mol. The van der Waals surface area contributed by atoms with Gasteiger partial charge in [-0.1, -0.05) is 6.07 Å². The molecule has 0 saturated carbocycles. The molecule has 1 fully saturated rings. The van der Waals surface area contributed by atoms with Crippen molar-refractivity contribution < 1.29 is 17.6 Å². The Hall–Kier alpha value is -1.10. The van der Waals surface area contributed by atoms with Crippen molar-refractivity contribution >= 4 is 0 Å². The largest absolute Gasteiger partial charge is 0.416 e. The van der Waals surface area contributed by atoms with Gasteiger partial charge in [-0.2, -0.15) is 13.2 Å². The molecule has 0 radical (unpaired) electrons. The molecule has 1 atom stereocenters. The summed E-state index contributed by atoms with van der Waals surface area (Å²) in [6, 6.07) is 2.57. The molecule has 1 saturated heterocycles. The standard InChI is InChI=1S/C11H11F4N/c12-9-6-7(11(13,14)15)3-4-8(9)10-2-1-5-16-10/h3-4,6,10,16H,1-2,5H2. The molecule has 0 bridgehead atoms. The molecule has 0 aliphatic carbocycles. The molecule has 0 spiro atoms. The molecular weight excluding hydrogens is 222 g/mol. The van der Waals surface area contributed by atoms with E-state index >= 15 is 0 Å². The molecule has 1 aromatic rings. The number of benzene rings is 1. The van der Waals surface area contributed by atoms with Crippen LogP contribution >= 0.6 is 0 Å². The molecule has 16 heavy (non-hydrogen) atoms. The Morgan fingerprint density at radius 2 is 2.00 bits per heavy atom. The van der Waals surface area contributed by atoms with Crippen molar-refractivity contribution in [2.75, 3.05) is 6.54 Å². The predicted molar refractivity (Wildman–Crippen MR) is 51.4 cm³/mol. The molecule has 1 N–H and O–H groups in total. The quantitative estimate of drug-likeness (QED) is 0.734. The lowest BCUT2D eigenvalue weighted by atomic mass is 10.0. The van der Waals surface area contributed by atoms with Crippen molar-refractivity contribution in [3.8, 4) is 0 Å². The number of rotatable bonds is 1. The molecule has 1 aliphatic rings. The molecule has 0 amide bonds. The van der Waals surface area contributed by atoms with E-state index in [-0.39, 0.29) is 6.04 Å². The van der Waals surface area contributed by atoms with Gasteiger partial charge in [0.25, 0.3) is 0 Å². The number of nitrogens with one attached hydrogen (secondary N) is 1. The van der Waals surface area contributed by atoms with Crippen molar-refractivity contribution in [2.24, 2.45) is 0 Å². The summed E-state index contributed by atoms with van der Waals surface area (Å²) >= 11 is 0. The van der Waals surface area contributed by atoms with Gasteiger partial charge in [0.05, 0.1) is 5.56 Å². The fourth-order valence-electron chi connectivity index (χ4n) is 1.94. The van der Waals surface area contributed by atoms with Crippen molar-refractivity contribution in [1.29, 1.82) is 0 Å². The summed E-state index contributed by atoms with van der Waals surface area (Å²) in [4.78, 5) is 0. The Morgan fingerprint density at radius 3 is 2.50 bits per heavy atom. The average Bonchev–Trinajstić information content (AvgIpc) is 2.69. The first-order valence-electron chi connectivity index (χ1n) is 5.08. The smallest absolute Gasteiger partial charge is 0.310 e. The van der Waals surface area contributed by atoms with Crippen LogP contribution in [0.15, 0.2) is 18.2 Å². The Labute approximate surface area is 90.5 Å². The zero-order valence-corrected chi connectivity index (χ0v) is 8.44. The van der Waals surface area contributed by atoms with Crippen LogP contribution in [0.25, 0.3) is 0 Å². The summed E-state index contributed by atoms with van der Waals surface area (Å²) in [5, 5.41) is 3.05. The van der Waals surface area contributed by atoms with Gasteiger partial charge in [-0.25, -0.2) is 4.39 Å². The topological polar surface area (TPSA) is 12.0 Å². The van der Waals surface area contributed by atoms with E-state index in [2.05, 4.69) is 5.32 Å². The second kappa shape index (κ2) is 4.05. The van der Waals surface area contributed by atoms with Crippen LogP contribution in [-0.4, -0.2) is 6.54 Å². The van der Waals surface area contributed by atoms with E-state index in [1.807, 2.05) is 0 Å². The minimum Gasteiger partial charge on any atom is -0.310 e. The Kier molecular flexibility index (Phi) is 2.88. The van der Waals surface area contributed by atoms with Crippen LogP contribution in [0.4, 0.5) is 17.6 Å². The van der Waals surface area contributed by atoms with Gasteiger partial charge < -0.3 is 5.32 Å². The van der Waals surface area contributed by atoms with Crippen LogP contribution in [0.3, 0.4) is 0 Å². The molecule has 1 aromatic carbocycles. The van der Waals surface area contributed by atoms with Crippen molar-refractivity contribution in [3.63, 3.8) is 0 Å². The zero-order valence-electron chi connectivity index (χ0n) is 8.44. The third-order valence-electron chi connectivity index (χ3n) is 2.76. The number of halogens is 4. The van der Waals surface area contributed by atoms with Gasteiger partial charge in [0.15, 0.2) is 0 Å². The lowest BCUT2D eigenvalue weighted by molar-refractivity contribution is -0.137. The summed E-state index contributed by atoms with van der Waals surface area (Å²) in [6.07, 6.45) is -2.80. The summed E-state index contributed by atoms with van der Waals surface area (Å²) in [5.74, 6) is -0.783. The van der Waals surface area contributed by atoms with Gasteiger partial charge in [0.1, 0.15) is 5.82 Å². The Morgan fingerprint density at radius 1 is 1.25 bits per heavy atom. The van der Waals surface area contributed by atoms with Gasteiger partial charge in [-0.05, 0) is 31.5 Å². The predicted octanol–water partition coefficient (Wildman–Crippen LogP) is 3.27. The van der Waals surface area contributed by atoms with Gasteiger partial charge in [-0.3, -0.25) is 0 Å². The number of hydrogen-bond acceptors (Lipinski definition) is 1. The molecule has 5 heteroatoms. The third-order valence-corrected chi connectivity index (χ3v) is 2.76. The van der Waals surface area contributed by atoms with E-state index in [0.717, 1.165) is 25.5 Å². The molecule has 0 aromatic heterocycles. The van der Waals surface area contributed by atoms with Crippen LogP contribution in [-0.2, 0) is 6.18 Å². The monoisotopic (exact) mass is 233 g/mol. The van der Waals surface area contributed by atoms with E-state index in [1.54, 1.807) is 0 Å². The highest BCUT2D eigenvalue weighted by Gasteiger charge is 2.32. The lowest BCUT2D eigenvalue weighted by Crippen LogP contribution is -2.15. The molecule has 1 heterocycles. The second-order valence-corrected chi connectivity index (χ2v) is 3.88. The summed E-state index contributed by atoms with van der Waals surface area (Å²) < 4.78 is 50.4. The number of hydrogen-bond donors (Lipinski definition) is 1. The van der Waals surface area contributed by atoms with Gasteiger partial charge >= 0.3 is 6.18 Å². The van der Waals surface area contributed by atoms with Crippen molar-refractivity contribution in [3.05, 3.63) is 35.1 Å². The van der Waals surface area contributed by atoms with E-state index in [1.165, 1.54) is 6.07 Å². The Bertz CT molecular complexity index is 380. The summed E-state index contributed by atoms with van der Waals surface area (Å²) in [7, 11) is 0. The minimum absolute atomic E-state index is 0.151. The van der Waals surface area contributed by atoms with E-state index in [4.69, 9.17) is 0 Å². The van der Waals surface area contributed by atoms with Crippen molar-refractivity contribution in [1.82, 2.24) is 5.32 Å². The first-order chi connectivity index (χ1) is 7.48. The lowest BCUT2D eigenvalue weighted by Gasteiger charge is -2.13. The highest BCUT2D eigenvalue weighted by atomic mass is 19.4. The van der Waals surface area contributed by atoms with Gasteiger partial charge in [-0.15, -0.1) is 0 Å². The molecular formula is C11H11F4N. The number of alkyl halides is 3. The fourth-order valence-corrected chi connectivity index (χ4v) is 1.94. The van der Waals surface area contributed by atoms with Gasteiger partial charge in [0, 0.05) is 11.6 Å². The SMILES string of the molecule is Fc1cc(C(F)(F)F)ccc1C1CCCN1. The van der Waals surface area contributed by atoms with Crippen LogP contribution in [0.1, 0.15) is 30.0 Å². The summed E-state index contributed by atoms with van der Waals surface area (Å²) in [5.41, 5.74) is -0.614. The molecule has 2 rings (SSSR count). The van der Waals surface area contributed by atoms with Crippen LogP contribution in [0.2, 0.25) is 0 Å². The third kappa shape index (κ3) is 2.19. The first-order valence-corrected chi connectivity index (χ1v) is 5.08. The van der Waals surface area contributed by atoms with E-state index in [9.17, 15) is 17.6 Å². The maximum Gasteiger partial charge on any atom is 0.416 e. The minimum atomic E-state index is -4.48. The summed E-state index contributed by atoms with van der Waals surface area (Å²) in [6.45, 7) is 0.783. The molecule has 1 unspecified atom stereocenters. The highest BCUT2D eigenvalue weighted by Crippen LogP contribution is 2.32. The highest BCUT2D eigenvalue weighted by molar-refractivity contribution is 5.29. The molecule has 1 aliphatic heterocycles. The van der Waals surface area contributed by atoms with Crippen LogP contribution in [0, 0.1) is 5.82 Å². The normalized spacial score (nSPS) is 21.4. The van der Waals surface area contributed by atoms with Crippen LogP contribution in [0.5, 0.6) is 0 Å². The first kappa shape index (κ1) is 11.4. The molecule has 1 nitrogen and oxygen atoms in total. The fraction of sp³-hybridized carbons (Fsp3) is 0.455. The van der Waals surface area contributed by atoms with Gasteiger partial charge in [0.2, 0.25) is 0 Å². The zero-order chi connectivity index (χ0) is 11.8. The Balaban J connectivity index is 2.29. The maximum absolute atomic E-state index is 13.5. The second-order valence-electron chi connectivity index (χ2n) is 3.88. The molecule has 88 valence electrons. The maximum atomic E-state index is 13.5. The van der Waals surface area contributed by atoms with Crippen LogP contribution < -0.4 is 5.32 Å².